The summed E-state index contributed by atoms with van der Waals surface area (Å²) < 4.78 is 5.19. The van der Waals surface area contributed by atoms with Crippen molar-refractivity contribution < 1.29 is 14.3 Å². The SMILES string of the molecule is Cc1ccc(C(=O)NCC(=O)OCc2csc(-c3ccc(Cl)cc3)n2)cc1C. The lowest BCUT2D eigenvalue weighted by Crippen LogP contribution is -2.30. The number of benzene rings is 2. The van der Waals surface area contributed by atoms with Gasteiger partial charge < -0.3 is 10.1 Å². The lowest BCUT2D eigenvalue weighted by Gasteiger charge is -2.07. The number of esters is 1. The van der Waals surface area contributed by atoms with E-state index in [9.17, 15) is 9.59 Å². The molecule has 3 rings (SSSR count). The first-order chi connectivity index (χ1) is 13.4. The van der Waals surface area contributed by atoms with Crippen molar-refractivity contribution in [1.29, 1.82) is 0 Å². The molecule has 0 radical (unpaired) electrons. The minimum absolute atomic E-state index is 0.0580. The maximum atomic E-state index is 12.1. The molecule has 1 heterocycles. The molecule has 0 fully saturated rings. The Hall–Kier alpha value is -2.70. The molecule has 0 bridgehead atoms. The van der Waals surface area contributed by atoms with E-state index in [0.29, 0.717) is 16.3 Å². The van der Waals surface area contributed by atoms with Crippen LogP contribution >= 0.6 is 22.9 Å². The Kier molecular flexibility index (Phi) is 6.44. The van der Waals surface area contributed by atoms with Crippen LogP contribution in [-0.4, -0.2) is 23.4 Å². The highest BCUT2D eigenvalue weighted by Gasteiger charge is 2.11. The van der Waals surface area contributed by atoms with Crippen molar-refractivity contribution in [3.63, 3.8) is 0 Å². The smallest absolute Gasteiger partial charge is 0.325 e. The Morgan fingerprint density at radius 1 is 1.11 bits per heavy atom. The predicted octanol–water partition coefficient (Wildman–Crippen LogP) is 4.55. The van der Waals surface area contributed by atoms with Gasteiger partial charge in [0.2, 0.25) is 0 Å². The van der Waals surface area contributed by atoms with Crippen molar-refractivity contribution >= 4 is 34.8 Å². The van der Waals surface area contributed by atoms with E-state index >= 15 is 0 Å². The summed E-state index contributed by atoms with van der Waals surface area (Å²) in [6, 6.07) is 12.8. The number of hydrogen-bond acceptors (Lipinski definition) is 5. The number of amides is 1. The van der Waals surface area contributed by atoms with Crippen LogP contribution in [0.2, 0.25) is 5.02 Å². The van der Waals surface area contributed by atoms with Crippen LogP contribution in [-0.2, 0) is 16.1 Å². The zero-order chi connectivity index (χ0) is 20.1. The lowest BCUT2D eigenvalue weighted by molar-refractivity contribution is -0.143. The summed E-state index contributed by atoms with van der Waals surface area (Å²) in [4.78, 5) is 28.5. The number of carbonyl (C=O) groups excluding carboxylic acids is 2. The van der Waals surface area contributed by atoms with Crippen molar-refractivity contribution in [1.82, 2.24) is 10.3 Å². The quantitative estimate of drug-likeness (QED) is 0.600. The normalized spacial score (nSPS) is 10.5. The van der Waals surface area contributed by atoms with Gasteiger partial charge in [0.15, 0.2) is 0 Å². The minimum Gasteiger partial charge on any atom is -0.458 e. The van der Waals surface area contributed by atoms with Crippen molar-refractivity contribution in [3.8, 4) is 10.6 Å². The van der Waals surface area contributed by atoms with E-state index in [1.807, 2.05) is 37.4 Å². The zero-order valence-corrected chi connectivity index (χ0v) is 17.1. The predicted molar refractivity (Wildman–Crippen MR) is 111 cm³/mol. The number of carbonyl (C=O) groups is 2. The third-order valence-electron chi connectivity index (χ3n) is 4.19. The minimum atomic E-state index is -0.516. The molecule has 3 aromatic rings. The molecule has 0 aliphatic carbocycles. The van der Waals surface area contributed by atoms with Crippen LogP contribution in [0, 0.1) is 13.8 Å². The van der Waals surface area contributed by atoms with Gasteiger partial charge in [-0.25, -0.2) is 4.98 Å². The van der Waals surface area contributed by atoms with Gasteiger partial charge in [-0.1, -0.05) is 29.8 Å². The molecule has 0 saturated heterocycles. The second-order valence-electron chi connectivity index (χ2n) is 6.29. The van der Waals surface area contributed by atoms with Gasteiger partial charge in [0.1, 0.15) is 18.2 Å². The van der Waals surface area contributed by atoms with Crippen LogP contribution in [0.1, 0.15) is 27.2 Å². The summed E-state index contributed by atoms with van der Waals surface area (Å²) >= 11 is 7.35. The fraction of sp³-hybridized carbons (Fsp3) is 0.190. The Bertz CT molecular complexity index is 999. The first-order valence-electron chi connectivity index (χ1n) is 8.64. The Labute approximate surface area is 172 Å². The average Bonchev–Trinajstić information content (AvgIpc) is 3.16. The standard InChI is InChI=1S/C21H19ClN2O3S/c1-13-3-4-16(9-14(13)2)20(26)23-10-19(25)27-11-18-12-28-21(24-18)15-5-7-17(22)8-6-15/h3-9,12H,10-11H2,1-2H3,(H,23,26). The molecule has 0 aliphatic heterocycles. The number of nitrogens with one attached hydrogen (secondary N) is 1. The second kappa shape index (κ2) is 8.99. The van der Waals surface area contributed by atoms with Gasteiger partial charge in [-0.2, -0.15) is 0 Å². The second-order valence-corrected chi connectivity index (χ2v) is 7.59. The average molecular weight is 415 g/mol. The summed E-state index contributed by atoms with van der Waals surface area (Å²) in [6.45, 7) is 3.78. The monoisotopic (exact) mass is 414 g/mol. The summed E-state index contributed by atoms with van der Waals surface area (Å²) in [5.74, 6) is -0.822. The molecular formula is C21H19ClN2O3S. The summed E-state index contributed by atoms with van der Waals surface area (Å²) in [7, 11) is 0. The van der Waals surface area contributed by atoms with Crippen LogP contribution in [0.3, 0.4) is 0 Å². The molecule has 7 heteroatoms. The molecule has 28 heavy (non-hydrogen) atoms. The zero-order valence-electron chi connectivity index (χ0n) is 15.5. The molecule has 0 spiro atoms. The van der Waals surface area contributed by atoms with Gasteiger partial charge >= 0.3 is 5.97 Å². The largest absolute Gasteiger partial charge is 0.458 e. The van der Waals surface area contributed by atoms with Gasteiger partial charge in [0.05, 0.1) is 5.69 Å². The van der Waals surface area contributed by atoms with Gasteiger partial charge in [-0.3, -0.25) is 9.59 Å². The molecular weight excluding hydrogens is 396 g/mol. The lowest BCUT2D eigenvalue weighted by atomic mass is 10.1. The van der Waals surface area contributed by atoms with Crippen LogP contribution in [0.15, 0.2) is 47.8 Å². The number of nitrogens with zero attached hydrogens (tertiary/aromatic N) is 1. The highest BCUT2D eigenvalue weighted by molar-refractivity contribution is 7.13. The molecule has 0 unspecified atom stereocenters. The highest BCUT2D eigenvalue weighted by atomic mass is 35.5. The highest BCUT2D eigenvalue weighted by Crippen LogP contribution is 2.25. The van der Waals surface area contributed by atoms with E-state index in [-0.39, 0.29) is 19.1 Å². The van der Waals surface area contributed by atoms with Gasteiger partial charge in [0.25, 0.3) is 5.91 Å². The molecule has 0 saturated carbocycles. The van der Waals surface area contributed by atoms with E-state index in [4.69, 9.17) is 16.3 Å². The van der Waals surface area contributed by atoms with Crippen molar-refractivity contribution in [3.05, 3.63) is 75.3 Å². The third-order valence-corrected chi connectivity index (χ3v) is 5.38. The number of rotatable bonds is 6. The van der Waals surface area contributed by atoms with Crippen molar-refractivity contribution in [2.75, 3.05) is 6.54 Å². The summed E-state index contributed by atoms with van der Waals surface area (Å²) in [6.07, 6.45) is 0. The fourth-order valence-electron chi connectivity index (χ4n) is 2.44. The number of aryl methyl sites for hydroxylation is 2. The Morgan fingerprint density at radius 2 is 1.86 bits per heavy atom. The van der Waals surface area contributed by atoms with E-state index < -0.39 is 5.97 Å². The molecule has 1 N–H and O–H groups in total. The molecule has 144 valence electrons. The Morgan fingerprint density at radius 3 is 2.57 bits per heavy atom. The molecule has 1 amide bonds. The maximum absolute atomic E-state index is 12.1. The van der Waals surface area contributed by atoms with E-state index in [0.717, 1.165) is 21.7 Å². The first-order valence-corrected chi connectivity index (χ1v) is 9.89. The third kappa shape index (κ3) is 5.18. The Balaban J connectivity index is 1.48. The molecule has 5 nitrogen and oxygen atoms in total. The summed E-state index contributed by atoms with van der Waals surface area (Å²) in [5, 5.41) is 5.90. The molecule has 1 aromatic heterocycles. The summed E-state index contributed by atoms with van der Waals surface area (Å²) in [5.41, 5.74) is 4.26. The van der Waals surface area contributed by atoms with Crippen molar-refractivity contribution in [2.24, 2.45) is 0 Å². The number of hydrogen-bond donors (Lipinski definition) is 1. The van der Waals surface area contributed by atoms with E-state index in [1.165, 1.54) is 11.3 Å². The number of thiazole rings is 1. The van der Waals surface area contributed by atoms with Gasteiger partial charge in [-0.15, -0.1) is 11.3 Å². The van der Waals surface area contributed by atoms with E-state index in [2.05, 4.69) is 10.3 Å². The molecule has 2 aromatic carbocycles. The first kappa shape index (κ1) is 20.0. The maximum Gasteiger partial charge on any atom is 0.325 e. The van der Waals surface area contributed by atoms with Gasteiger partial charge in [-0.05, 0) is 49.2 Å². The number of aromatic nitrogens is 1. The number of ether oxygens (including phenoxy) is 1. The van der Waals surface area contributed by atoms with Crippen LogP contribution in [0.25, 0.3) is 10.6 Å². The fourth-order valence-corrected chi connectivity index (χ4v) is 3.38. The van der Waals surface area contributed by atoms with Crippen LogP contribution in [0.5, 0.6) is 0 Å². The molecule has 0 atom stereocenters. The van der Waals surface area contributed by atoms with Crippen LogP contribution < -0.4 is 5.32 Å². The topological polar surface area (TPSA) is 68.3 Å². The van der Waals surface area contributed by atoms with E-state index in [1.54, 1.807) is 24.3 Å². The number of halogens is 1. The van der Waals surface area contributed by atoms with Crippen molar-refractivity contribution in [2.45, 2.75) is 20.5 Å². The van der Waals surface area contributed by atoms with Gasteiger partial charge in [0, 0.05) is 21.5 Å². The molecule has 0 aliphatic rings. The van der Waals surface area contributed by atoms with Crippen LogP contribution in [0.4, 0.5) is 0 Å².